The van der Waals surface area contributed by atoms with Crippen molar-refractivity contribution in [3.8, 4) is 0 Å². The van der Waals surface area contributed by atoms with E-state index in [4.69, 9.17) is 0 Å². The molecule has 1 aromatic rings. The molecule has 94 valence electrons. The van der Waals surface area contributed by atoms with Crippen LogP contribution in [0.3, 0.4) is 0 Å². The first kappa shape index (κ1) is 13.1. The molecule has 0 saturated heterocycles. The van der Waals surface area contributed by atoms with Gasteiger partial charge in [0.05, 0.1) is 0 Å². The van der Waals surface area contributed by atoms with Gasteiger partial charge < -0.3 is 0 Å². The zero-order valence-electron chi connectivity index (χ0n) is 10.4. The molecule has 0 atom stereocenters. The predicted molar refractivity (Wildman–Crippen MR) is 77.5 cm³/mol. The van der Waals surface area contributed by atoms with Gasteiger partial charge in [-0.05, 0) is 24.4 Å². The van der Waals surface area contributed by atoms with Crippen molar-refractivity contribution in [1.29, 1.82) is 0 Å². The van der Waals surface area contributed by atoms with E-state index in [-0.39, 0.29) is 0 Å². The molecule has 1 fully saturated rings. The van der Waals surface area contributed by atoms with Crippen LogP contribution in [0.4, 0.5) is 0 Å². The molecule has 1 aliphatic rings. The average molecular weight is 296 g/mol. The van der Waals surface area contributed by atoms with E-state index in [1.165, 1.54) is 37.8 Å². The Morgan fingerprint density at radius 1 is 1.12 bits per heavy atom. The lowest BCUT2D eigenvalue weighted by atomic mass is 9.83. The molecule has 17 heavy (non-hydrogen) atoms. The highest BCUT2D eigenvalue weighted by molar-refractivity contribution is 9.09. The van der Waals surface area contributed by atoms with Crippen LogP contribution in [-0.2, 0) is 6.54 Å². The van der Waals surface area contributed by atoms with Crippen LogP contribution in [0.1, 0.15) is 31.2 Å². The predicted octanol–water partition coefficient (Wildman–Crippen LogP) is 4.07. The Labute approximate surface area is 113 Å². The number of halogens is 1. The van der Waals surface area contributed by atoms with Gasteiger partial charge in [-0.15, -0.1) is 0 Å². The molecule has 1 aliphatic carbocycles. The monoisotopic (exact) mass is 295 g/mol. The van der Waals surface area contributed by atoms with E-state index in [0.717, 1.165) is 24.3 Å². The Hall–Kier alpha value is -0.340. The van der Waals surface area contributed by atoms with Crippen molar-refractivity contribution in [2.45, 2.75) is 32.2 Å². The zero-order chi connectivity index (χ0) is 11.9. The van der Waals surface area contributed by atoms with E-state index in [1.54, 1.807) is 0 Å². The normalized spacial score (nSPS) is 16.1. The fourth-order valence-corrected chi connectivity index (χ4v) is 2.88. The largest absolute Gasteiger partial charge is 0.298 e. The van der Waals surface area contributed by atoms with Gasteiger partial charge in [-0.1, -0.05) is 65.5 Å². The van der Waals surface area contributed by atoms with E-state index in [1.807, 2.05) is 0 Å². The summed E-state index contributed by atoms with van der Waals surface area (Å²) in [5.41, 5.74) is 1.43. The second-order valence-corrected chi connectivity index (χ2v) is 5.83. The Bertz CT molecular complexity index is 308. The second kappa shape index (κ2) is 7.17. The third kappa shape index (κ3) is 4.44. The number of hydrogen-bond donors (Lipinski definition) is 0. The molecule has 0 bridgehead atoms. The summed E-state index contributed by atoms with van der Waals surface area (Å²) in [6.07, 6.45) is 5.78. The third-order valence-corrected chi connectivity index (χ3v) is 4.08. The summed E-state index contributed by atoms with van der Waals surface area (Å²) in [5.74, 6) is 1.02. The van der Waals surface area contributed by atoms with Crippen LogP contribution >= 0.6 is 15.9 Å². The average Bonchev–Trinajstić information content (AvgIpc) is 2.28. The first-order valence-electron chi connectivity index (χ1n) is 6.70. The van der Waals surface area contributed by atoms with E-state index in [9.17, 15) is 0 Å². The molecule has 0 N–H and O–H groups in total. The van der Waals surface area contributed by atoms with Gasteiger partial charge in [0.15, 0.2) is 0 Å². The van der Waals surface area contributed by atoms with Crippen LogP contribution in [0.15, 0.2) is 30.3 Å². The Morgan fingerprint density at radius 3 is 2.47 bits per heavy atom. The van der Waals surface area contributed by atoms with E-state index >= 15 is 0 Å². The minimum absolute atomic E-state index is 1.02. The van der Waals surface area contributed by atoms with Crippen molar-refractivity contribution in [1.82, 2.24) is 4.90 Å². The highest BCUT2D eigenvalue weighted by atomic mass is 79.9. The molecular formula is C15H22BrN. The summed E-state index contributed by atoms with van der Waals surface area (Å²) in [7, 11) is 0. The number of hydrogen-bond acceptors (Lipinski definition) is 1. The van der Waals surface area contributed by atoms with Crippen LogP contribution in [0.5, 0.6) is 0 Å². The third-order valence-electron chi connectivity index (χ3n) is 3.73. The van der Waals surface area contributed by atoms with Gasteiger partial charge in [0.1, 0.15) is 0 Å². The van der Waals surface area contributed by atoms with Gasteiger partial charge in [0.25, 0.3) is 0 Å². The molecule has 0 heterocycles. The molecule has 0 amide bonds. The van der Waals surface area contributed by atoms with Crippen molar-refractivity contribution in [2.24, 2.45) is 5.92 Å². The van der Waals surface area contributed by atoms with E-state index in [2.05, 4.69) is 51.2 Å². The molecule has 0 aromatic heterocycles. The quantitative estimate of drug-likeness (QED) is 0.685. The van der Waals surface area contributed by atoms with E-state index in [0.29, 0.717) is 0 Å². The summed E-state index contributed by atoms with van der Waals surface area (Å²) < 4.78 is 0. The van der Waals surface area contributed by atoms with Gasteiger partial charge in [0.2, 0.25) is 0 Å². The highest BCUT2D eigenvalue weighted by Gasteiger charge is 2.18. The summed E-state index contributed by atoms with van der Waals surface area (Å²) >= 11 is 3.56. The molecule has 0 unspecified atom stereocenters. The van der Waals surface area contributed by atoms with Gasteiger partial charge in [-0.2, -0.15) is 0 Å². The molecule has 2 heteroatoms. The molecule has 2 rings (SSSR count). The van der Waals surface area contributed by atoms with Crippen LogP contribution in [0.25, 0.3) is 0 Å². The summed E-state index contributed by atoms with van der Waals surface area (Å²) in [6.45, 7) is 3.51. The van der Waals surface area contributed by atoms with Gasteiger partial charge >= 0.3 is 0 Å². The Kier molecular flexibility index (Phi) is 5.53. The molecule has 0 spiro atoms. The summed E-state index contributed by atoms with van der Waals surface area (Å²) in [4.78, 5) is 2.57. The molecule has 1 aromatic carbocycles. The maximum absolute atomic E-state index is 3.56. The van der Waals surface area contributed by atoms with Crippen LogP contribution in [0.2, 0.25) is 0 Å². The summed E-state index contributed by atoms with van der Waals surface area (Å²) in [6, 6.07) is 10.8. The smallest absolute Gasteiger partial charge is 0.0234 e. The maximum Gasteiger partial charge on any atom is 0.0234 e. The highest BCUT2D eigenvalue weighted by Crippen LogP contribution is 2.29. The van der Waals surface area contributed by atoms with Crippen LogP contribution in [-0.4, -0.2) is 23.3 Å². The molecule has 0 radical (unpaired) electrons. The Balaban J connectivity index is 1.79. The molecule has 1 nitrogen and oxygen atoms in total. The minimum Gasteiger partial charge on any atom is -0.298 e. The number of benzene rings is 1. The van der Waals surface area contributed by atoms with Crippen molar-refractivity contribution < 1.29 is 0 Å². The van der Waals surface area contributed by atoms with Gasteiger partial charge in [-0.25, -0.2) is 0 Å². The lowest BCUT2D eigenvalue weighted by Crippen LogP contribution is -2.29. The van der Waals surface area contributed by atoms with Crippen molar-refractivity contribution in [2.75, 3.05) is 18.4 Å². The second-order valence-electron chi connectivity index (χ2n) is 5.04. The maximum atomic E-state index is 3.56. The molecular weight excluding hydrogens is 274 g/mol. The first-order valence-corrected chi connectivity index (χ1v) is 7.83. The minimum atomic E-state index is 1.02. The zero-order valence-corrected chi connectivity index (χ0v) is 12.0. The first-order chi connectivity index (χ1) is 8.38. The van der Waals surface area contributed by atoms with Crippen molar-refractivity contribution in [3.05, 3.63) is 35.9 Å². The molecule has 1 saturated carbocycles. The number of alkyl halides is 1. The summed E-state index contributed by atoms with van der Waals surface area (Å²) in [5, 5.41) is 1.07. The number of nitrogens with zero attached hydrogens (tertiary/aromatic N) is 1. The topological polar surface area (TPSA) is 3.24 Å². The fourth-order valence-electron chi connectivity index (χ4n) is 2.38. The SMILES string of the molecule is BrCCN(CCC1CCC1)Cc1ccccc1. The standard InChI is InChI=1S/C15H22BrN/c16-10-12-17(11-9-14-7-4-8-14)13-15-5-2-1-3-6-15/h1-3,5-6,14H,4,7-13H2. The fraction of sp³-hybridized carbons (Fsp3) is 0.600. The molecule has 0 aliphatic heterocycles. The van der Waals surface area contributed by atoms with Crippen molar-refractivity contribution >= 4 is 15.9 Å². The van der Waals surface area contributed by atoms with E-state index < -0.39 is 0 Å². The van der Waals surface area contributed by atoms with Gasteiger partial charge in [0, 0.05) is 18.4 Å². The number of rotatable bonds is 7. The van der Waals surface area contributed by atoms with Crippen molar-refractivity contribution in [3.63, 3.8) is 0 Å². The van der Waals surface area contributed by atoms with Crippen LogP contribution in [0, 0.1) is 5.92 Å². The van der Waals surface area contributed by atoms with Crippen LogP contribution < -0.4 is 0 Å². The Morgan fingerprint density at radius 2 is 1.88 bits per heavy atom. The lowest BCUT2D eigenvalue weighted by Gasteiger charge is -2.29. The van der Waals surface area contributed by atoms with Gasteiger partial charge in [-0.3, -0.25) is 4.90 Å². The lowest BCUT2D eigenvalue weighted by molar-refractivity contribution is 0.216.